The van der Waals surface area contributed by atoms with Gasteiger partial charge in [-0.05, 0) is 19.1 Å². The SMILES string of the molecule is CC(=O)Nc1ccc(Cl)c(C(F)(F)F)c1C(C)=O. The van der Waals surface area contributed by atoms with Crippen LogP contribution in [0.15, 0.2) is 12.1 Å². The first-order valence-corrected chi connectivity index (χ1v) is 5.20. The molecular weight excluding hydrogens is 271 g/mol. The molecule has 0 aliphatic heterocycles. The zero-order chi connectivity index (χ0) is 14.1. The molecule has 18 heavy (non-hydrogen) atoms. The van der Waals surface area contributed by atoms with Gasteiger partial charge in [0, 0.05) is 6.92 Å². The Morgan fingerprint density at radius 3 is 2.17 bits per heavy atom. The van der Waals surface area contributed by atoms with Crippen molar-refractivity contribution in [3.05, 3.63) is 28.3 Å². The highest BCUT2D eigenvalue weighted by Gasteiger charge is 2.38. The quantitative estimate of drug-likeness (QED) is 0.842. The van der Waals surface area contributed by atoms with Gasteiger partial charge in [0.25, 0.3) is 0 Å². The summed E-state index contributed by atoms with van der Waals surface area (Å²) in [5.74, 6) is -1.40. The molecule has 1 aromatic carbocycles. The number of nitrogens with one attached hydrogen (secondary N) is 1. The molecule has 1 aromatic rings. The highest BCUT2D eigenvalue weighted by atomic mass is 35.5. The third-order valence-corrected chi connectivity index (χ3v) is 2.42. The van der Waals surface area contributed by atoms with Gasteiger partial charge in [0.2, 0.25) is 5.91 Å². The van der Waals surface area contributed by atoms with E-state index in [-0.39, 0.29) is 5.69 Å². The second kappa shape index (κ2) is 4.97. The molecule has 0 heterocycles. The number of halogens is 4. The van der Waals surface area contributed by atoms with Crippen molar-refractivity contribution >= 4 is 29.0 Å². The normalized spacial score (nSPS) is 11.2. The maximum atomic E-state index is 12.8. The van der Waals surface area contributed by atoms with Crippen LogP contribution in [-0.4, -0.2) is 11.7 Å². The average Bonchev–Trinajstić information content (AvgIpc) is 2.17. The molecule has 0 aliphatic carbocycles. The molecule has 0 aliphatic rings. The molecule has 1 rings (SSSR count). The fraction of sp³-hybridized carbons (Fsp3) is 0.273. The summed E-state index contributed by atoms with van der Waals surface area (Å²) in [6, 6.07) is 2.15. The zero-order valence-electron chi connectivity index (χ0n) is 9.48. The van der Waals surface area contributed by atoms with Crippen molar-refractivity contribution in [2.75, 3.05) is 5.32 Å². The van der Waals surface area contributed by atoms with E-state index in [0.717, 1.165) is 26.0 Å². The number of hydrogen-bond acceptors (Lipinski definition) is 2. The third kappa shape index (κ3) is 3.01. The monoisotopic (exact) mass is 279 g/mol. The molecule has 0 bridgehead atoms. The van der Waals surface area contributed by atoms with Crippen LogP contribution in [0.3, 0.4) is 0 Å². The molecule has 0 saturated heterocycles. The fourth-order valence-electron chi connectivity index (χ4n) is 1.51. The first-order valence-electron chi connectivity index (χ1n) is 4.82. The first-order chi connectivity index (χ1) is 8.14. The molecular formula is C11H9ClF3NO2. The Morgan fingerprint density at radius 1 is 1.22 bits per heavy atom. The summed E-state index contributed by atoms with van der Waals surface area (Å²) >= 11 is 5.48. The van der Waals surface area contributed by atoms with Crippen LogP contribution in [-0.2, 0) is 11.0 Å². The highest BCUT2D eigenvalue weighted by Crippen LogP contribution is 2.40. The minimum absolute atomic E-state index is 0.202. The molecule has 0 spiro atoms. The van der Waals surface area contributed by atoms with Crippen LogP contribution < -0.4 is 5.32 Å². The smallest absolute Gasteiger partial charge is 0.326 e. The van der Waals surface area contributed by atoms with Crippen LogP contribution in [0, 0.1) is 0 Å². The zero-order valence-corrected chi connectivity index (χ0v) is 10.2. The van der Waals surface area contributed by atoms with Crippen molar-refractivity contribution in [1.29, 1.82) is 0 Å². The number of carbonyl (C=O) groups is 2. The van der Waals surface area contributed by atoms with E-state index in [2.05, 4.69) is 5.32 Å². The Morgan fingerprint density at radius 2 is 1.78 bits per heavy atom. The summed E-state index contributed by atoms with van der Waals surface area (Å²) in [5, 5.41) is 1.59. The molecule has 0 fully saturated rings. The largest absolute Gasteiger partial charge is 0.418 e. The lowest BCUT2D eigenvalue weighted by molar-refractivity contribution is -0.137. The van der Waals surface area contributed by atoms with Gasteiger partial charge in [0.1, 0.15) is 0 Å². The Hall–Kier alpha value is -1.56. The number of anilines is 1. The van der Waals surface area contributed by atoms with Crippen LogP contribution >= 0.6 is 11.6 Å². The summed E-state index contributed by atoms with van der Waals surface area (Å²) in [7, 11) is 0. The lowest BCUT2D eigenvalue weighted by Gasteiger charge is -2.16. The van der Waals surface area contributed by atoms with Gasteiger partial charge in [-0.1, -0.05) is 11.6 Å². The molecule has 0 aromatic heterocycles. The molecule has 0 atom stereocenters. The Labute approximate surface area is 106 Å². The standard InChI is InChI=1S/C11H9ClF3NO2/c1-5(17)9-8(16-6(2)18)4-3-7(12)10(9)11(13,14)15/h3-4H,1-2H3,(H,16,18). The number of alkyl halides is 3. The Bertz CT molecular complexity index is 512. The van der Waals surface area contributed by atoms with E-state index >= 15 is 0 Å². The van der Waals surface area contributed by atoms with Gasteiger partial charge >= 0.3 is 6.18 Å². The van der Waals surface area contributed by atoms with E-state index in [1.165, 1.54) is 0 Å². The van der Waals surface area contributed by atoms with Gasteiger partial charge in [-0.15, -0.1) is 0 Å². The van der Waals surface area contributed by atoms with E-state index in [1.807, 2.05) is 0 Å². The Balaban J connectivity index is 3.58. The Kier molecular flexibility index (Phi) is 4.01. The predicted octanol–water partition coefficient (Wildman–Crippen LogP) is 3.52. The van der Waals surface area contributed by atoms with Crippen molar-refractivity contribution < 1.29 is 22.8 Å². The van der Waals surface area contributed by atoms with Crippen LogP contribution in [0.5, 0.6) is 0 Å². The van der Waals surface area contributed by atoms with E-state index < -0.39 is 34.0 Å². The highest BCUT2D eigenvalue weighted by molar-refractivity contribution is 6.32. The third-order valence-electron chi connectivity index (χ3n) is 2.10. The summed E-state index contributed by atoms with van der Waals surface area (Å²) in [5.41, 5.74) is -2.07. The van der Waals surface area contributed by atoms with Crippen molar-refractivity contribution in [2.24, 2.45) is 0 Å². The van der Waals surface area contributed by atoms with E-state index in [0.29, 0.717) is 0 Å². The first kappa shape index (κ1) is 14.5. The fourth-order valence-corrected chi connectivity index (χ4v) is 1.78. The molecule has 1 N–H and O–H groups in total. The van der Waals surface area contributed by atoms with Crippen LogP contribution in [0.4, 0.5) is 18.9 Å². The second-order valence-electron chi connectivity index (χ2n) is 3.58. The van der Waals surface area contributed by atoms with Crippen molar-refractivity contribution in [3.8, 4) is 0 Å². The van der Waals surface area contributed by atoms with E-state index in [4.69, 9.17) is 11.6 Å². The van der Waals surface area contributed by atoms with Gasteiger partial charge in [-0.25, -0.2) is 0 Å². The number of rotatable bonds is 2. The summed E-state index contributed by atoms with van der Waals surface area (Å²) in [4.78, 5) is 22.3. The lowest BCUT2D eigenvalue weighted by Crippen LogP contribution is -2.17. The van der Waals surface area contributed by atoms with Gasteiger partial charge in [-0.3, -0.25) is 9.59 Å². The number of ketones is 1. The molecule has 7 heteroatoms. The topological polar surface area (TPSA) is 46.2 Å². The maximum absolute atomic E-state index is 12.8. The van der Waals surface area contributed by atoms with E-state index in [9.17, 15) is 22.8 Å². The summed E-state index contributed by atoms with van der Waals surface area (Å²) < 4.78 is 38.5. The number of carbonyl (C=O) groups excluding carboxylic acids is 2. The van der Waals surface area contributed by atoms with Crippen LogP contribution in [0.2, 0.25) is 5.02 Å². The second-order valence-corrected chi connectivity index (χ2v) is 3.99. The summed E-state index contributed by atoms with van der Waals surface area (Å²) in [6.07, 6.45) is -4.77. The lowest BCUT2D eigenvalue weighted by atomic mass is 10.0. The maximum Gasteiger partial charge on any atom is 0.418 e. The number of amides is 1. The summed E-state index contributed by atoms with van der Waals surface area (Å²) in [6.45, 7) is 2.11. The molecule has 0 radical (unpaired) electrons. The molecule has 0 saturated carbocycles. The molecule has 0 unspecified atom stereocenters. The van der Waals surface area contributed by atoms with E-state index in [1.54, 1.807) is 0 Å². The van der Waals surface area contributed by atoms with Gasteiger partial charge in [0.15, 0.2) is 5.78 Å². The minimum atomic E-state index is -4.77. The van der Waals surface area contributed by atoms with Crippen molar-refractivity contribution in [1.82, 2.24) is 0 Å². The van der Waals surface area contributed by atoms with Crippen LogP contribution in [0.25, 0.3) is 0 Å². The van der Waals surface area contributed by atoms with Crippen LogP contribution in [0.1, 0.15) is 29.8 Å². The number of benzene rings is 1. The predicted molar refractivity (Wildman–Crippen MR) is 60.8 cm³/mol. The number of hydrogen-bond donors (Lipinski definition) is 1. The van der Waals surface area contributed by atoms with Gasteiger partial charge in [-0.2, -0.15) is 13.2 Å². The molecule has 98 valence electrons. The average molecular weight is 280 g/mol. The minimum Gasteiger partial charge on any atom is -0.326 e. The van der Waals surface area contributed by atoms with Crippen molar-refractivity contribution in [2.45, 2.75) is 20.0 Å². The van der Waals surface area contributed by atoms with Gasteiger partial charge < -0.3 is 5.32 Å². The van der Waals surface area contributed by atoms with Gasteiger partial charge in [0.05, 0.1) is 21.8 Å². The molecule has 1 amide bonds. The van der Waals surface area contributed by atoms with Crippen molar-refractivity contribution in [3.63, 3.8) is 0 Å². The molecule has 3 nitrogen and oxygen atoms in total. The number of Topliss-reactive ketones (excluding diaryl/α,β-unsaturated/α-hetero) is 1.